The number of carbonyl (C=O) groups is 2. The predicted molar refractivity (Wildman–Crippen MR) is 127 cm³/mol. The van der Waals surface area contributed by atoms with Gasteiger partial charge in [0.05, 0.1) is 5.69 Å². The van der Waals surface area contributed by atoms with Crippen LogP contribution < -0.4 is 15.4 Å². The van der Waals surface area contributed by atoms with Crippen molar-refractivity contribution in [1.29, 1.82) is 0 Å². The van der Waals surface area contributed by atoms with Gasteiger partial charge in [0.25, 0.3) is 11.8 Å². The maximum absolute atomic E-state index is 12.6. The number of anilines is 1. The van der Waals surface area contributed by atoms with Gasteiger partial charge in [-0.1, -0.05) is 43.7 Å². The molecule has 2 aromatic carbocycles. The normalized spacial score (nSPS) is 19.7. The van der Waals surface area contributed by atoms with Crippen LogP contribution in [0.1, 0.15) is 54.9 Å². The lowest BCUT2D eigenvalue weighted by Gasteiger charge is -2.35. The molecule has 1 atom stereocenters. The molecule has 168 valence electrons. The SMILES string of the molecule is CCC1CCCCN1CCCNC(=O)c1ccc2c(c1)NC(=O)/C(=C/c1ccccc1)O2. The molecule has 0 spiro atoms. The summed E-state index contributed by atoms with van der Waals surface area (Å²) in [5, 5.41) is 5.83. The maximum atomic E-state index is 12.6. The van der Waals surface area contributed by atoms with Gasteiger partial charge < -0.3 is 20.3 Å². The molecule has 1 saturated heterocycles. The lowest BCUT2D eigenvalue weighted by Crippen LogP contribution is -2.40. The van der Waals surface area contributed by atoms with Crippen LogP contribution in [0.5, 0.6) is 5.75 Å². The first-order valence-corrected chi connectivity index (χ1v) is 11.6. The highest BCUT2D eigenvalue weighted by atomic mass is 16.5. The summed E-state index contributed by atoms with van der Waals surface area (Å²) in [7, 11) is 0. The van der Waals surface area contributed by atoms with E-state index >= 15 is 0 Å². The standard InChI is InChI=1S/C26H31N3O3/c1-2-21-11-6-7-15-29(21)16-8-14-27-25(30)20-12-13-23-22(18-20)28-26(31)24(32-23)17-19-9-4-3-5-10-19/h3-5,9-10,12-13,17-18,21H,2,6-8,11,14-16H2,1H3,(H,27,30)(H,28,31)/b24-17-. The van der Waals surface area contributed by atoms with Crippen LogP contribution in [-0.4, -0.2) is 42.4 Å². The van der Waals surface area contributed by atoms with E-state index in [0.29, 0.717) is 29.6 Å². The van der Waals surface area contributed by atoms with Gasteiger partial charge in [0.2, 0.25) is 0 Å². The van der Waals surface area contributed by atoms with E-state index in [2.05, 4.69) is 22.5 Å². The Morgan fingerprint density at radius 2 is 2.06 bits per heavy atom. The molecule has 0 saturated carbocycles. The van der Waals surface area contributed by atoms with E-state index in [-0.39, 0.29) is 17.6 Å². The molecule has 6 nitrogen and oxygen atoms in total. The summed E-state index contributed by atoms with van der Waals surface area (Å²) in [6, 6.07) is 15.3. The first-order chi connectivity index (χ1) is 15.6. The molecular formula is C26H31N3O3. The number of amides is 2. The van der Waals surface area contributed by atoms with Crippen molar-refractivity contribution in [3.05, 3.63) is 65.4 Å². The van der Waals surface area contributed by atoms with Crippen molar-refractivity contribution in [2.75, 3.05) is 25.0 Å². The Hall–Kier alpha value is -3.12. The molecule has 32 heavy (non-hydrogen) atoms. The van der Waals surface area contributed by atoms with Crippen molar-refractivity contribution in [3.63, 3.8) is 0 Å². The van der Waals surface area contributed by atoms with E-state index in [9.17, 15) is 9.59 Å². The Labute approximate surface area is 189 Å². The summed E-state index contributed by atoms with van der Waals surface area (Å²) in [5.74, 6) is 0.285. The number of nitrogens with zero attached hydrogens (tertiary/aromatic N) is 1. The molecule has 2 aromatic rings. The van der Waals surface area contributed by atoms with E-state index in [0.717, 1.165) is 25.1 Å². The quantitative estimate of drug-likeness (QED) is 0.500. The van der Waals surface area contributed by atoms with Crippen LogP contribution in [0.25, 0.3) is 6.08 Å². The number of carbonyl (C=O) groups excluding carboxylic acids is 2. The summed E-state index contributed by atoms with van der Waals surface area (Å²) < 4.78 is 5.78. The molecule has 4 rings (SSSR count). The molecule has 2 aliphatic rings. The zero-order chi connectivity index (χ0) is 22.3. The van der Waals surface area contributed by atoms with Crippen molar-refractivity contribution in [2.24, 2.45) is 0 Å². The molecule has 2 N–H and O–H groups in total. The first kappa shape index (κ1) is 22.1. The third-order valence-corrected chi connectivity index (χ3v) is 6.16. The summed E-state index contributed by atoms with van der Waals surface area (Å²) in [6.07, 6.45) is 7.71. The molecule has 2 heterocycles. The highest BCUT2D eigenvalue weighted by Crippen LogP contribution is 2.32. The molecule has 0 bridgehead atoms. The number of hydrogen-bond acceptors (Lipinski definition) is 4. The summed E-state index contributed by atoms with van der Waals surface area (Å²) >= 11 is 0. The minimum Gasteiger partial charge on any atom is -0.449 e. The second kappa shape index (κ2) is 10.5. The fourth-order valence-corrected chi connectivity index (χ4v) is 4.41. The van der Waals surface area contributed by atoms with Gasteiger partial charge in [0, 0.05) is 24.7 Å². The van der Waals surface area contributed by atoms with Gasteiger partial charge in [0.1, 0.15) is 0 Å². The van der Waals surface area contributed by atoms with Crippen LogP contribution in [-0.2, 0) is 4.79 Å². The van der Waals surface area contributed by atoms with Gasteiger partial charge in [-0.05, 0) is 62.1 Å². The molecule has 1 fully saturated rings. The highest BCUT2D eigenvalue weighted by Gasteiger charge is 2.23. The van der Waals surface area contributed by atoms with Crippen LogP contribution in [0.2, 0.25) is 0 Å². The number of piperidine rings is 1. The Bertz CT molecular complexity index is 987. The van der Waals surface area contributed by atoms with Crippen LogP contribution >= 0.6 is 0 Å². The van der Waals surface area contributed by atoms with Gasteiger partial charge in [-0.3, -0.25) is 9.59 Å². The van der Waals surface area contributed by atoms with Crippen LogP contribution in [0.3, 0.4) is 0 Å². The van der Waals surface area contributed by atoms with Gasteiger partial charge in [-0.2, -0.15) is 0 Å². The van der Waals surface area contributed by atoms with Crippen molar-refractivity contribution >= 4 is 23.6 Å². The third-order valence-electron chi connectivity index (χ3n) is 6.16. The second-order valence-electron chi connectivity index (χ2n) is 8.39. The minimum absolute atomic E-state index is 0.140. The number of likely N-dealkylation sites (tertiary alicyclic amines) is 1. The van der Waals surface area contributed by atoms with Gasteiger partial charge in [-0.25, -0.2) is 0 Å². The smallest absolute Gasteiger partial charge is 0.291 e. The van der Waals surface area contributed by atoms with E-state index in [4.69, 9.17) is 4.74 Å². The molecule has 0 aliphatic carbocycles. The summed E-state index contributed by atoms with van der Waals surface area (Å²) in [4.78, 5) is 27.6. The number of nitrogens with one attached hydrogen (secondary N) is 2. The Morgan fingerprint density at radius 3 is 2.88 bits per heavy atom. The minimum atomic E-state index is -0.328. The van der Waals surface area contributed by atoms with E-state index in [1.54, 1.807) is 24.3 Å². The van der Waals surface area contributed by atoms with Crippen molar-refractivity contribution < 1.29 is 14.3 Å². The van der Waals surface area contributed by atoms with Gasteiger partial charge in [0.15, 0.2) is 11.5 Å². The number of benzene rings is 2. The average molecular weight is 434 g/mol. The topological polar surface area (TPSA) is 70.7 Å². The van der Waals surface area contributed by atoms with Gasteiger partial charge in [-0.15, -0.1) is 0 Å². The van der Waals surface area contributed by atoms with Crippen molar-refractivity contribution in [2.45, 2.75) is 45.1 Å². The third kappa shape index (κ3) is 5.37. The lowest BCUT2D eigenvalue weighted by molar-refractivity contribution is -0.115. The monoisotopic (exact) mass is 433 g/mol. The van der Waals surface area contributed by atoms with Crippen molar-refractivity contribution in [1.82, 2.24) is 10.2 Å². The van der Waals surface area contributed by atoms with E-state index in [1.165, 1.54) is 25.7 Å². The Balaban J connectivity index is 1.32. The highest BCUT2D eigenvalue weighted by molar-refractivity contribution is 6.09. The average Bonchev–Trinajstić information content (AvgIpc) is 2.82. The molecule has 0 aromatic heterocycles. The van der Waals surface area contributed by atoms with Crippen LogP contribution in [0, 0.1) is 0 Å². The fraction of sp³-hybridized carbons (Fsp3) is 0.385. The zero-order valence-electron chi connectivity index (χ0n) is 18.6. The van der Waals surface area contributed by atoms with Crippen molar-refractivity contribution in [3.8, 4) is 5.75 Å². The predicted octanol–water partition coefficient (Wildman–Crippen LogP) is 4.44. The molecule has 1 unspecified atom stereocenters. The maximum Gasteiger partial charge on any atom is 0.291 e. The van der Waals surface area contributed by atoms with Gasteiger partial charge >= 0.3 is 0 Å². The number of rotatable bonds is 7. The summed E-state index contributed by atoms with van der Waals surface area (Å²) in [6.45, 7) is 5.07. The van der Waals surface area contributed by atoms with E-state index < -0.39 is 0 Å². The van der Waals surface area contributed by atoms with Crippen LogP contribution in [0.15, 0.2) is 54.3 Å². The largest absolute Gasteiger partial charge is 0.449 e. The first-order valence-electron chi connectivity index (χ1n) is 11.6. The molecular weight excluding hydrogens is 402 g/mol. The summed E-state index contributed by atoms with van der Waals surface area (Å²) in [5.41, 5.74) is 1.89. The Morgan fingerprint density at radius 1 is 1.22 bits per heavy atom. The van der Waals surface area contributed by atoms with Crippen LogP contribution in [0.4, 0.5) is 5.69 Å². The number of ether oxygens (including phenoxy) is 1. The molecule has 0 radical (unpaired) electrons. The zero-order valence-corrected chi connectivity index (χ0v) is 18.6. The Kier molecular flexibility index (Phi) is 7.22. The second-order valence-corrected chi connectivity index (χ2v) is 8.39. The number of hydrogen-bond donors (Lipinski definition) is 2. The number of fused-ring (bicyclic) bond motifs is 1. The molecule has 2 amide bonds. The molecule has 6 heteroatoms. The van der Waals surface area contributed by atoms with E-state index in [1.807, 2.05) is 30.3 Å². The lowest BCUT2D eigenvalue weighted by atomic mass is 10.00. The molecule has 2 aliphatic heterocycles. The fourth-order valence-electron chi connectivity index (χ4n) is 4.41.